The van der Waals surface area contributed by atoms with Gasteiger partial charge in [0.2, 0.25) is 5.91 Å². The number of hydrogen-bond acceptors (Lipinski definition) is 3. The lowest BCUT2D eigenvalue weighted by molar-refractivity contribution is -0.133. The summed E-state index contributed by atoms with van der Waals surface area (Å²) in [7, 11) is 1.90. The molecule has 0 saturated carbocycles. The van der Waals surface area contributed by atoms with Gasteiger partial charge in [0.05, 0.1) is 12.6 Å². The van der Waals surface area contributed by atoms with E-state index in [-0.39, 0.29) is 11.9 Å². The lowest BCUT2D eigenvalue weighted by Crippen LogP contribution is -2.45. The Labute approximate surface area is 127 Å². The Morgan fingerprint density at radius 2 is 1.86 bits per heavy atom. The lowest BCUT2D eigenvalue weighted by Gasteiger charge is -2.32. The van der Waals surface area contributed by atoms with Gasteiger partial charge in [-0.05, 0) is 38.8 Å². The molecule has 1 N–H and O–H groups in total. The molecule has 0 aromatic heterocycles. The van der Waals surface area contributed by atoms with Gasteiger partial charge in [0, 0.05) is 19.1 Å². The average Bonchev–Trinajstić information content (AvgIpc) is 2.55. The molecule has 1 saturated heterocycles. The molecule has 1 aromatic rings. The number of aliphatic hydroxyl groups is 1. The molecule has 21 heavy (non-hydrogen) atoms. The zero-order chi connectivity index (χ0) is 15.2. The summed E-state index contributed by atoms with van der Waals surface area (Å²) in [5, 5.41) is 10.4. The number of rotatable bonds is 5. The number of benzene rings is 1. The van der Waals surface area contributed by atoms with Crippen LogP contribution >= 0.6 is 0 Å². The molecule has 1 aliphatic heterocycles. The maximum atomic E-state index is 12.3. The summed E-state index contributed by atoms with van der Waals surface area (Å²) in [5.41, 5.74) is 0.891. The summed E-state index contributed by atoms with van der Waals surface area (Å²) >= 11 is 0. The van der Waals surface area contributed by atoms with Crippen LogP contribution in [0.3, 0.4) is 0 Å². The van der Waals surface area contributed by atoms with E-state index in [9.17, 15) is 9.90 Å². The van der Waals surface area contributed by atoms with Crippen LogP contribution in [0.5, 0.6) is 0 Å². The van der Waals surface area contributed by atoms with Crippen LogP contribution in [0.25, 0.3) is 0 Å². The maximum absolute atomic E-state index is 12.3. The third-order valence-corrected chi connectivity index (χ3v) is 4.39. The van der Waals surface area contributed by atoms with Crippen LogP contribution in [0.15, 0.2) is 30.3 Å². The van der Waals surface area contributed by atoms with Crippen molar-refractivity contribution in [2.45, 2.75) is 38.3 Å². The van der Waals surface area contributed by atoms with Crippen molar-refractivity contribution in [3.05, 3.63) is 35.9 Å². The maximum Gasteiger partial charge on any atom is 0.236 e. The summed E-state index contributed by atoms with van der Waals surface area (Å²) < 4.78 is 0. The molecular formula is C17H26N2O2. The van der Waals surface area contributed by atoms with Crippen molar-refractivity contribution in [2.24, 2.45) is 0 Å². The summed E-state index contributed by atoms with van der Waals surface area (Å²) in [6, 6.07) is 9.52. The first-order valence-corrected chi connectivity index (χ1v) is 7.80. The van der Waals surface area contributed by atoms with Crippen molar-refractivity contribution in [3.8, 4) is 0 Å². The van der Waals surface area contributed by atoms with Crippen LogP contribution in [0.1, 0.15) is 37.9 Å². The highest BCUT2D eigenvalue weighted by Gasteiger charge is 2.24. The van der Waals surface area contributed by atoms with Crippen molar-refractivity contribution in [2.75, 3.05) is 26.7 Å². The van der Waals surface area contributed by atoms with Gasteiger partial charge >= 0.3 is 0 Å². The number of amides is 1. The Hall–Kier alpha value is -1.39. The molecule has 0 unspecified atom stereocenters. The second kappa shape index (κ2) is 7.57. The van der Waals surface area contributed by atoms with Gasteiger partial charge in [-0.25, -0.2) is 0 Å². The van der Waals surface area contributed by atoms with E-state index in [4.69, 9.17) is 0 Å². The fraction of sp³-hybridized carbons (Fsp3) is 0.588. The van der Waals surface area contributed by atoms with Gasteiger partial charge in [-0.3, -0.25) is 9.69 Å². The van der Waals surface area contributed by atoms with Gasteiger partial charge in [-0.2, -0.15) is 0 Å². The van der Waals surface area contributed by atoms with Crippen molar-refractivity contribution in [1.29, 1.82) is 0 Å². The second-order valence-corrected chi connectivity index (χ2v) is 5.95. The zero-order valence-electron chi connectivity index (χ0n) is 13.0. The van der Waals surface area contributed by atoms with Crippen molar-refractivity contribution >= 4 is 5.91 Å². The molecule has 1 fully saturated rings. The first-order chi connectivity index (χ1) is 10.1. The highest BCUT2D eigenvalue weighted by atomic mass is 16.3. The van der Waals surface area contributed by atoms with Crippen LogP contribution in [0.2, 0.25) is 0 Å². The highest BCUT2D eigenvalue weighted by Crippen LogP contribution is 2.20. The molecule has 4 heteroatoms. The fourth-order valence-corrected chi connectivity index (χ4v) is 2.77. The molecule has 0 aliphatic carbocycles. The Morgan fingerprint density at radius 3 is 2.48 bits per heavy atom. The topological polar surface area (TPSA) is 43.8 Å². The van der Waals surface area contributed by atoms with E-state index in [1.165, 1.54) is 6.42 Å². The monoisotopic (exact) mass is 290 g/mol. The molecule has 0 spiro atoms. The van der Waals surface area contributed by atoms with Crippen LogP contribution < -0.4 is 0 Å². The summed E-state index contributed by atoms with van der Waals surface area (Å²) in [6.07, 6.45) is 2.86. The van der Waals surface area contributed by atoms with Gasteiger partial charge in [0.25, 0.3) is 0 Å². The van der Waals surface area contributed by atoms with E-state index in [1.54, 1.807) is 0 Å². The normalized spacial score (nSPS) is 18.6. The Kier molecular flexibility index (Phi) is 5.76. The Bertz CT molecular complexity index is 443. The number of aliphatic hydroxyl groups excluding tert-OH is 1. The number of likely N-dealkylation sites (N-methyl/N-ethyl adjacent to an activating group) is 1. The first-order valence-electron chi connectivity index (χ1n) is 7.80. The van der Waals surface area contributed by atoms with E-state index in [0.717, 1.165) is 31.5 Å². The lowest BCUT2D eigenvalue weighted by atomic mass is 10.0. The quantitative estimate of drug-likeness (QED) is 0.902. The number of carbonyl (C=O) groups is 1. The standard InChI is InChI=1S/C17H26N2O2/c1-14(17(21)15-9-5-3-6-10-15)18(2)13-16(20)19-11-7-4-8-12-19/h3,5-6,9-10,14,17,21H,4,7-8,11-13H2,1-2H3/t14-,17+/m0/s1. The van der Waals surface area contributed by atoms with Crippen LogP contribution in [0, 0.1) is 0 Å². The van der Waals surface area contributed by atoms with Gasteiger partial charge in [-0.15, -0.1) is 0 Å². The molecule has 1 aromatic carbocycles. The number of piperidine rings is 1. The smallest absolute Gasteiger partial charge is 0.236 e. The average molecular weight is 290 g/mol. The van der Waals surface area contributed by atoms with Crippen molar-refractivity contribution < 1.29 is 9.90 Å². The predicted molar refractivity (Wildman–Crippen MR) is 83.9 cm³/mol. The molecule has 4 nitrogen and oxygen atoms in total. The molecule has 2 rings (SSSR count). The molecule has 116 valence electrons. The third kappa shape index (κ3) is 4.29. The molecule has 1 amide bonds. The van der Waals surface area contributed by atoms with Gasteiger partial charge in [0.1, 0.15) is 0 Å². The summed E-state index contributed by atoms with van der Waals surface area (Å²) in [5.74, 6) is 0.171. The van der Waals surface area contributed by atoms with E-state index in [2.05, 4.69) is 0 Å². The van der Waals surface area contributed by atoms with Crippen LogP contribution in [0.4, 0.5) is 0 Å². The third-order valence-electron chi connectivity index (χ3n) is 4.39. The van der Waals surface area contributed by atoms with Gasteiger partial charge in [0.15, 0.2) is 0 Å². The molecule has 0 radical (unpaired) electrons. The minimum Gasteiger partial charge on any atom is -0.387 e. The van der Waals surface area contributed by atoms with Crippen LogP contribution in [-0.4, -0.2) is 53.5 Å². The largest absolute Gasteiger partial charge is 0.387 e. The number of nitrogens with zero attached hydrogens (tertiary/aromatic N) is 2. The van der Waals surface area contributed by atoms with E-state index >= 15 is 0 Å². The molecule has 0 bridgehead atoms. The van der Waals surface area contributed by atoms with Crippen LogP contribution in [-0.2, 0) is 4.79 Å². The highest BCUT2D eigenvalue weighted by molar-refractivity contribution is 5.78. The number of carbonyl (C=O) groups excluding carboxylic acids is 1. The van der Waals surface area contributed by atoms with E-state index < -0.39 is 6.10 Å². The number of likely N-dealkylation sites (tertiary alicyclic amines) is 1. The summed E-state index contributed by atoms with van der Waals surface area (Å²) in [6.45, 7) is 4.08. The molecular weight excluding hydrogens is 264 g/mol. The predicted octanol–water partition coefficient (Wildman–Crippen LogP) is 2.05. The second-order valence-electron chi connectivity index (χ2n) is 5.95. The van der Waals surface area contributed by atoms with Crippen molar-refractivity contribution in [3.63, 3.8) is 0 Å². The summed E-state index contributed by atoms with van der Waals surface area (Å²) in [4.78, 5) is 16.2. The number of hydrogen-bond donors (Lipinski definition) is 1. The molecule has 1 heterocycles. The van der Waals surface area contributed by atoms with E-state index in [1.807, 2.05) is 54.1 Å². The minimum atomic E-state index is -0.578. The van der Waals surface area contributed by atoms with Gasteiger partial charge < -0.3 is 10.0 Å². The van der Waals surface area contributed by atoms with Gasteiger partial charge in [-0.1, -0.05) is 30.3 Å². The Balaban J connectivity index is 1.89. The fourth-order valence-electron chi connectivity index (χ4n) is 2.77. The zero-order valence-corrected chi connectivity index (χ0v) is 13.0. The first kappa shape index (κ1) is 16.0. The molecule has 2 atom stereocenters. The minimum absolute atomic E-state index is 0.0962. The Morgan fingerprint density at radius 1 is 1.24 bits per heavy atom. The van der Waals surface area contributed by atoms with Crippen molar-refractivity contribution in [1.82, 2.24) is 9.80 Å². The SMILES string of the molecule is C[C@@H]([C@@H](O)c1ccccc1)N(C)CC(=O)N1CCCCC1. The van der Waals surface area contributed by atoms with E-state index in [0.29, 0.717) is 6.54 Å². The molecule has 1 aliphatic rings.